The van der Waals surface area contributed by atoms with E-state index in [1.165, 1.54) is 28.2 Å². The summed E-state index contributed by atoms with van der Waals surface area (Å²) in [6.07, 6.45) is 1.38. The standard InChI is InChI=1S/C8H10BrNS/c9-8-3-2-7(11-8)6-10-4-1-5-10/h2-3H,1,4-6H2. The smallest absolute Gasteiger partial charge is 0.0701 e. The first kappa shape index (κ1) is 7.77. The summed E-state index contributed by atoms with van der Waals surface area (Å²) in [6, 6.07) is 4.33. The Bertz CT molecular complexity index is 242. The van der Waals surface area contributed by atoms with Gasteiger partial charge in [0.15, 0.2) is 0 Å². The summed E-state index contributed by atoms with van der Waals surface area (Å²) in [5.41, 5.74) is 0. The molecule has 1 aromatic rings. The van der Waals surface area contributed by atoms with Gasteiger partial charge < -0.3 is 0 Å². The second kappa shape index (κ2) is 3.25. The quantitative estimate of drug-likeness (QED) is 0.757. The lowest BCUT2D eigenvalue weighted by molar-refractivity contribution is 0.174. The van der Waals surface area contributed by atoms with Gasteiger partial charge in [0.25, 0.3) is 0 Å². The third-order valence-corrected chi connectivity index (χ3v) is 3.57. The summed E-state index contributed by atoms with van der Waals surface area (Å²) >= 11 is 5.30. The van der Waals surface area contributed by atoms with Crippen molar-refractivity contribution in [1.29, 1.82) is 0 Å². The van der Waals surface area contributed by atoms with E-state index in [1.807, 2.05) is 11.3 Å². The molecule has 1 aliphatic heterocycles. The van der Waals surface area contributed by atoms with Crippen molar-refractivity contribution in [2.75, 3.05) is 13.1 Å². The lowest BCUT2D eigenvalue weighted by Crippen LogP contribution is -2.35. The molecule has 0 aliphatic carbocycles. The zero-order chi connectivity index (χ0) is 7.68. The maximum atomic E-state index is 3.46. The largest absolute Gasteiger partial charge is 0.298 e. The van der Waals surface area contributed by atoms with Crippen LogP contribution in [-0.2, 0) is 6.54 Å². The number of thiophene rings is 1. The molecule has 1 aromatic heterocycles. The van der Waals surface area contributed by atoms with E-state index in [0.29, 0.717) is 0 Å². The molecule has 0 aromatic carbocycles. The van der Waals surface area contributed by atoms with Crippen molar-refractivity contribution in [3.63, 3.8) is 0 Å². The molecule has 0 N–H and O–H groups in total. The van der Waals surface area contributed by atoms with Crippen molar-refractivity contribution in [2.45, 2.75) is 13.0 Å². The molecule has 0 amide bonds. The van der Waals surface area contributed by atoms with Crippen molar-refractivity contribution in [3.05, 3.63) is 20.8 Å². The fourth-order valence-corrected chi connectivity index (χ4v) is 2.72. The van der Waals surface area contributed by atoms with Crippen LogP contribution < -0.4 is 0 Å². The van der Waals surface area contributed by atoms with Gasteiger partial charge in [-0.25, -0.2) is 0 Å². The lowest BCUT2D eigenvalue weighted by Gasteiger charge is -2.29. The Hall–Kier alpha value is 0.140. The lowest BCUT2D eigenvalue weighted by atomic mass is 10.2. The summed E-state index contributed by atoms with van der Waals surface area (Å²) in [6.45, 7) is 3.72. The first-order valence-corrected chi connectivity index (χ1v) is 5.42. The van der Waals surface area contributed by atoms with Crippen LogP contribution in [0, 0.1) is 0 Å². The van der Waals surface area contributed by atoms with Crippen molar-refractivity contribution < 1.29 is 0 Å². The molecule has 1 saturated heterocycles. The van der Waals surface area contributed by atoms with E-state index < -0.39 is 0 Å². The van der Waals surface area contributed by atoms with Gasteiger partial charge in [-0.2, -0.15) is 0 Å². The van der Waals surface area contributed by atoms with Crippen LogP contribution in [0.5, 0.6) is 0 Å². The van der Waals surface area contributed by atoms with Gasteiger partial charge >= 0.3 is 0 Å². The summed E-state index contributed by atoms with van der Waals surface area (Å²) in [5, 5.41) is 0. The summed E-state index contributed by atoms with van der Waals surface area (Å²) in [5.74, 6) is 0. The second-order valence-corrected chi connectivity index (χ2v) is 5.38. The maximum absolute atomic E-state index is 3.46. The van der Waals surface area contributed by atoms with Crippen molar-refractivity contribution in [3.8, 4) is 0 Å². The molecule has 0 spiro atoms. The highest BCUT2D eigenvalue weighted by Gasteiger charge is 2.14. The number of hydrogen-bond acceptors (Lipinski definition) is 2. The van der Waals surface area contributed by atoms with Crippen LogP contribution >= 0.6 is 27.3 Å². The average molecular weight is 232 g/mol. The topological polar surface area (TPSA) is 3.24 Å². The van der Waals surface area contributed by atoms with E-state index in [2.05, 4.69) is 33.0 Å². The molecule has 0 bridgehead atoms. The molecule has 11 heavy (non-hydrogen) atoms. The van der Waals surface area contributed by atoms with Gasteiger partial charge in [-0.1, -0.05) is 0 Å². The predicted molar refractivity (Wildman–Crippen MR) is 51.9 cm³/mol. The highest BCUT2D eigenvalue weighted by Crippen LogP contribution is 2.24. The number of halogens is 1. The summed E-state index contributed by atoms with van der Waals surface area (Å²) in [4.78, 5) is 3.94. The Morgan fingerprint density at radius 2 is 2.27 bits per heavy atom. The van der Waals surface area contributed by atoms with Crippen LogP contribution in [-0.4, -0.2) is 18.0 Å². The molecule has 3 heteroatoms. The third-order valence-electron chi connectivity index (χ3n) is 1.96. The van der Waals surface area contributed by atoms with Crippen LogP contribution in [0.3, 0.4) is 0 Å². The molecule has 0 radical (unpaired) electrons. The second-order valence-electron chi connectivity index (χ2n) is 2.84. The molecular weight excluding hydrogens is 222 g/mol. The first-order chi connectivity index (χ1) is 5.34. The Morgan fingerprint density at radius 1 is 1.45 bits per heavy atom. The van der Waals surface area contributed by atoms with Crippen LogP contribution in [0.2, 0.25) is 0 Å². The molecule has 0 atom stereocenters. The molecule has 1 nitrogen and oxygen atoms in total. The minimum absolute atomic E-state index is 1.15. The number of nitrogens with zero attached hydrogens (tertiary/aromatic N) is 1. The SMILES string of the molecule is Brc1ccc(CN2CCC2)s1. The fourth-order valence-electron chi connectivity index (χ4n) is 1.20. The van der Waals surface area contributed by atoms with E-state index in [9.17, 15) is 0 Å². The highest BCUT2D eigenvalue weighted by molar-refractivity contribution is 9.11. The summed E-state index contributed by atoms with van der Waals surface area (Å²) < 4.78 is 1.24. The van der Waals surface area contributed by atoms with Crippen molar-refractivity contribution in [1.82, 2.24) is 4.90 Å². The van der Waals surface area contributed by atoms with Gasteiger partial charge in [-0.05, 0) is 47.6 Å². The van der Waals surface area contributed by atoms with Gasteiger partial charge in [0.05, 0.1) is 3.79 Å². The minimum atomic E-state index is 1.15. The zero-order valence-corrected chi connectivity index (χ0v) is 8.62. The number of rotatable bonds is 2. The van der Waals surface area contributed by atoms with Crippen LogP contribution in [0.4, 0.5) is 0 Å². The molecule has 2 heterocycles. The Morgan fingerprint density at radius 3 is 2.73 bits per heavy atom. The average Bonchev–Trinajstić information content (AvgIpc) is 2.27. The number of likely N-dealkylation sites (tertiary alicyclic amines) is 1. The van der Waals surface area contributed by atoms with E-state index in [1.54, 1.807) is 0 Å². The van der Waals surface area contributed by atoms with E-state index in [-0.39, 0.29) is 0 Å². The molecular formula is C8H10BrNS. The predicted octanol–water partition coefficient (Wildman–Crippen LogP) is 2.72. The van der Waals surface area contributed by atoms with Crippen LogP contribution in [0.15, 0.2) is 15.9 Å². The fraction of sp³-hybridized carbons (Fsp3) is 0.500. The normalized spacial score (nSPS) is 18.3. The molecule has 0 saturated carbocycles. The molecule has 1 aliphatic rings. The third kappa shape index (κ3) is 1.83. The molecule has 0 unspecified atom stereocenters. The van der Waals surface area contributed by atoms with E-state index in [4.69, 9.17) is 0 Å². The van der Waals surface area contributed by atoms with E-state index in [0.717, 1.165) is 6.54 Å². The molecule has 60 valence electrons. The number of hydrogen-bond donors (Lipinski definition) is 0. The Balaban J connectivity index is 1.95. The Labute approximate surface area is 79.2 Å². The van der Waals surface area contributed by atoms with Crippen molar-refractivity contribution >= 4 is 27.3 Å². The van der Waals surface area contributed by atoms with Gasteiger partial charge in [0, 0.05) is 11.4 Å². The first-order valence-electron chi connectivity index (χ1n) is 3.81. The maximum Gasteiger partial charge on any atom is 0.0701 e. The molecule has 2 rings (SSSR count). The van der Waals surface area contributed by atoms with Gasteiger partial charge in [-0.15, -0.1) is 11.3 Å². The zero-order valence-electron chi connectivity index (χ0n) is 6.22. The van der Waals surface area contributed by atoms with Gasteiger partial charge in [0.2, 0.25) is 0 Å². The van der Waals surface area contributed by atoms with Gasteiger partial charge in [-0.3, -0.25) is 4.90 Å². The highest BCUT2D eigenvalue weighted by atomic mass is 79.9. The minimum Gasteiger partial charge on any atom is -0.298 e. The molecule has 1 fully saturated rings. The van der Waals surface area contributed by atoms with E-state index >= 15 is 0 Å². The van der Waals surface area contributed by atoms with Crippen LogP contribution in [0.25, 0.3) is 0 Å². The Kier molecular flexibility index (Phi) is 2.30. The monoisotopic (exact) mass is 231 g/mol. The van der Waals surface area contributed by atoms with Crippen molar-refractivity contribution in [2.24, 2.45) is 0 Å². The summed E-state index contributed by atoms with van der Waals surface area (Å²) in [7, 11) is 0. The van der Waals surface area contributed by atoms with Crippen LogP contribution in [0.1, 0.15) is 11.3 Å². The van der Waals surface area contributed by atoms with Gasteiger partial charge in [0.1, 0.15) is 0 Å².